The van der Waals surface area contributed by atoms with E-state index in [1.807, 2.05) is 13.0 Å². The Morgan fingerprint density at radius 3 is 2.44 bits per heavy atom. The lowest BCUT2D eigenvalue weighted by molar-refractivity contribution is -0.142. The summed E-state index contributed by atoms with van der Waals surface area (Å²) in [6.45, 7) is 3.46. The zero-order valence-corrected chi connectivity index (χ0v) is 17.8. The summed E-state index contributed by atoms with van der Waals surface area (Å²) in [4.78, 5) is 55.7. The SMILES string of the molecule is CCOC(=O)CN1C(=O)[C@]2(N[C@H](C)[C@H]3C(=O)N(c4ccccc4)C(=O)[C@H]32)c2ccccc21. The van der Waals surface area contributed by atoms with Crippen molar-refractivity contribution >= 4 is 35.1 Å². The molecule has 164 valence electrons. The van der Waals surface area contributed by atoms with Crippen LogP contribution in [0.5, 0.6) is 0 Å². The number of hydrogen-bond donors (Lipinski definition) is 1. The maximum absolute atomic E-state index is 13.9. The molecular formula is C24H23N3O5. The van der Waals surface area contributed by atoms with Crippen LogP contribution in [0.25, 0.3) is 0 Å². The monoisotopic (exact) mass is 433 g/mol. The fourth-order valence-corrected chi connectivity index (χ4v) is 5.43. The van der Waals surface area contributed by atoms with Crippen LogP contribution in [0.4, 0.5) is 11.4 Å². The molecular weight excluding hydrogens is 410 g/mol. The molecule has 3 heterocycles. The largest absolute Gasteiger partial charge is 0.465 e. The molecule has 0 saturated carbocycles. The van der Waals surface area contributed by atoms with Gasteiger partial charge in [0.1, 0.15) is 12.1 Å². The average molecular weight is 433 g/mol. The van der Waals surface area contributed by atoms with Crippen molar-refractivity contribution in [3.05, 3.63) is 60.2 Å². The number of amides is 3. The molecule has 0 radical (unpaired) electrons. The number of ether oxygens (including phenoxy) is 1. The Hall–Kier alpha value is -3.52. The van der Waals surface area contributed by atoms with E-state index in [4.69, 9.17) is 4.74 Å². The van der Waals surface area contributed by atoms with E-state index in [0.29, 0.717) is 16.9 Å². The normalized spacial score (nSPS) is 28.4. The van der Waals surface area contributed by atoms with E-state index < -0.39 is 41.2 Å². The fraction of sp³-hybridized carbons (Fsp3) is 0.333. The van der Waals surface area contributed by atoms with Gasteiger partial charge in [-0.25, -0.2) is 4.90 Å². The molecule has 2 aromatic carbocycles. The van der Waals surface area contributed by atoms with E-state index in [1.165, 1.54) is 9.80 Å². The molecule has 1 N–H and O–H groups in total. The minimum absolute atomic E-state index is 0.201. The molecule has 3 amide bonds. The van der Waals surface area contributed by atoms with Gasteiger partial charge in [-0.15, -0.1) is 0 Å². The second-order valence-corrected chi connectivity index (χ2v) is 8.31. The van der Waals surface area contributed by atoms with E-state index >= 15 is 0 Å². The molecule has 4 atom stereocenters. The maximum Gasteiger partial charge on any atom is 0.326 e. The van der Waals surface area contributed by atoms with Gasteiger partial charge in [0.25, 0.3) is 5.91 Å². The van der Waals surface area contributed by atoms with E-state index in [9.17, 15) is 19.2 Å². The first-order chi connectivity index (χ1) is 15.4. The zero-order valence-electron chi connectivity index (χ0n) is 17.8. The summed E-state index contributed by atoms with van der Waals surface area (Å²) in [5.41, 5.74) is 0.221. The van der Waals surface area contributed by atoms with E-state index in [0.717, 1.165) is 0 Å². The lowest BCUT2D eigenvalue weighted by atomic mass is 9.76. The molecule has 3 aliphatic heterocycles. The minimum atomic E-state index is -1.41. The fourth-order valence-electron chi connectivity index (χ4n) is 5.43. The molecule has 0 unspecified atom stereocenters. The molecule has 2 fully saturated rings. The first kappa shape index (κ1) is 20.4. The molecule has 0 bridgehead atoms. The molecule has 2 aromatic rings. The van der Waals surface area contributed by atoms with Crippen molar-refractivity contribution in [2.24, 2.45) is 11.8 Å². The number of nitrogens with zero attached hydrogens (tertiary/aromatic N) is 2. The van der Waals surface area contributed by atoms with Crippen molar-refractivity contribution < 1.29 is 23.9 Å². The van der Waals surface area contributed by atoms with Crippen LogP contribution in [-0.2, 0) is 29.5 Å². The Morgan fingerprint density at radius 2 is 1.72 bits per heavy atom. The van der Waals surface area contributed by atoms with Gasteiger partial charge in [0, 0.05) is 17.3 Å². The Kier molecular flexibility index (Phi) is 4.63. The number of carbonyl (C=O) groups is 4. The summed E-state index contributed by atoms with van der Waals surface area (Å²) in [7, 11) is 0. The molecule has 5 rings (SSSR count). The highest BCUT2D eigenvalue weighted by molar-refractivity contribution is 6.26. The van der Waals surface area contributed by atoms with E-state index in [1.54, 1.807) is 55.5 Å². The Balaban J connectivity index is 1.62. The summed E-state index contributed by atoms with van der Waals surface area (Å²) in [6, 6.07) is 15.4. The smallest absolute Gasteiger partial charge is 0.326 e. The van der Waals surface area contributed by atoms with Crippen LogP contribution in [0.3, 0.4) is 0 Å². The number of para-hydroxylation sites is 2. The number of nitrogens with one attached hydrogen (secondary N) is 1. The van der Waals surface area contributed by atoms with Crippen LogP contribution in [0.15, 0.2) is 54.6 Å². The minimum Gasteiger partial charge on any atom is -0.465 e. The summed E-state index contributed by atoms with van der Waals surface area (Å²) in [5.74, 6) is -3.29. The Labute approximate surface area is 185 Å². The van der Waals surface area contributed by atoms with Crippen molar-refractivity contribution in [3.63, 3.8) is 0 Å². The van der Waals surface area contributed by atoms with Crippen molar-refractivity contribution in [2.45, 2.75) is 25.4 Å². The highest BCUT2D eigenvalue weighted by Crippen LogP contribution is 2.54. The van der Waals surface area contributed by atoms with Gasteiger partial charge in [-0.3, -0.25) is 29.4 Å². The second kappa shape index (κ2) is 7.27. The quantitative estimate of drug-likeness (QED) is 0.581. The van der Waals surface area contributed by atoms with Gasteiger partial charge in [0.15, 0.2) is 0 Å². The standard InChI is InChI=1S/C24H23N3O5/c1-3-32-18(28)13-26-17-12-8-7-11-16(17)24(23(26)31)20-19(14(2)25-24)21(29)27(22(20)30)15-9-5-4-6-10-15/h4-12,14,19-20,25H,3,13H2,1-2H3/t14-,19-,20+,24+/m1/s1. The Morgan fingerprint density at radius 1 is 1.03 bits per heavy atom. The number of imide groups is 1. The molecule has 32 heavy (non-hydrogen) atoms. The van der Waals surface area contributed by atoms with Crippen LogP contribution in [0.2, 0.25) is 0 Å². The highest BCUT2D eigenvalue weighted by Gasteiger charge is 2.71. The average Bonchev–Trinajstić information content (AvgIpc) is 3.33. The predicted molar refractivity (Wildman–Crippen MR) is 116 cm³/mol. The van der Waals surface area contributed by atoms with Crippen molar-refractivity contribution in [1.29, 1.82) is 0 Å². The second-order valence-electron chi connectivity index (χ2n) is 8.31. The summed E-state index contributed by atoms with van der Waals surface area (Å²) in [5, 5.41) is 3.29. The van der Waals surface area contributed by atoms with Crippen LogP contribution in [0, 0.1) is 11.8 Å². The Bertz CT molecular complexity index is 1130. The summed E-state index contributed by atoms with van der Waals surface area (Å²) < 4.78 is 5.06. The topological polar surface area (TPSA) is 96.0 Å². The number of benzene rings is 2. The van der Waals surface area contributed by atoms with E-state index in [-0.39, 0.29) is 19.1 Å². The first-order valence-electron chi connectivity index (χ1n) is 10.7. The third-order valence-electron chi connectivity index (χ3n) is 6.62. The van der Waals surface area contributed by atoms with Crippen LogP contribution in [-0.4, -0.2) is 42.9 Å². The maximum atomic E-state index is 13.9. The highest BCUT2D eigenvalue weighted by atomic mass is 16.5. The van der Waals surface area contributed by atoms with Gasteiger partial charge in [0.2, 0.25) is 11.8 Å². The third kappa shape index (κ3) is 2.59. The number of carbonyl (C=O) groups excluding carboxylic acids is 4. The van der Waals surface area contributed by atoms with Gasteiger partial charge in [-0.2, -0.15) is 0 Å². The predicted octanol–water partition coefficient (Wildman–Crippen LogP) is 1.59. The molecule has 1 spiro atoms. The summed E-state index contributed by atoms with van der Waals surface area (Å²) in [6.07, 6.45) is 0. The van der Waals surface area contributed by atoms with Crippen LogP contribution >= 0.6 is 0 Å². The van der Waals surface area contributed by atoms with Gasteiger partial charge in [-0.05, 0) is 32.0 Å². The number of rotatable bonds is 4. The zero-order chi connectivity index (χ0) is 22.6. The molecule has 8 heteroatoms. The van der Waals surface area contributed by atoms with Gasteiger partial charge < -0.3 is 4.74 Å². The lowest BCUT2D eigenvalue weighted by Gasteiger charge is -2.30. The third-order valence-corrected chi connectivity index (χ3v) is 6.62. The molecule has 8 nitrogen and oxygen atoms in total. The molecule has 0 aromatic heterocycles. The molecule has 0 aliphatic carbocycles. The van der Waals surface area contributed by atoms with Gasteiger partial charge in [-0.1, -0.05) is 36.4 Å². The molecule has 2 saturated heterocycles. The van der Waals surface area contributed by atoms with Crippen LogP contribution < -0.4 is 15.1 Å². The van der Waals surface area contributed by atoms with Crippen LogP contribution in [0.1, 0.15) is 19.4 Å². The lowest BCUT2D eigenvalue weighted by Crippen LogP contribution is -2.55. The summed E-state index contributed by atoms with van der Waals surface area (Å²) >= 11 is 0. The van der Waals surface area contributed by atoms with Crippen molar-refractivity contribution in [1.82, 2.24) is 5.32 Å². The number of hydrogen-bond acceptors (Lipinski definition) is 6. The van der Waals surface area contributed by atoms with Gasteiger partial charge in [0.05, 0.1) is 24.1 Å². The van der Waals surface area contributed by atoms with Gasteiger partial charge >= 0.3 is 5.97 Å². The van der Waals surface area contributed by atoms with E-state index in [2.05, 4.69) is 5.32 Å². The number of anilines is 2. The van der Waals surface area contributed by atoms with Crippen molar-refractivity contribution in [3.8, 4) is 0 Å². The number of esters is 1. The molecule has 3 aliphatic rings. The van der Waals surface area contributed by atoms with Crippen molar-refractivity contribution in [2.75, 3.05) is 23.0 Å². The number of fused-ring (bicyclic) bond motifs is 4. The first-order valence-corrected chi connectivity index (χ1v) is 10.7.